The van der Waals surface area contributed by atoms with Crippen molar-refractivity contribution in [1.82, 2.24) is 4.31 Å². The Morgan fingerprint density at radius 1 is 1.38 bits per heavy atom. The van der Waals surface area contributed by atoms with E-state index in [1.165, 1.54) is 0 Å². The molecule has 1 aromatic rings. The highest BCUT2D eigenvalue weighted by molar-refractivity contribution is 7.89. The van der Waals surface area contributed by atoms with Crippen LogP contribution in [0.4, 0.5) is 15.8 Å². The molecule has 1 rings (SSSR count). The first-order chi connectivity index (χ1) is 9.75. The van der Waals surface area contributed by atoms with E-state index in [-0.39, 0.29) is 13.1 Å². The normalized spacial score (nSPS) is 11.8. The highest BCUT2D eigenvalue weighted by Crippen LogP contribution is 2.29. The van der Waals surface area contributed by atoms with Crippen LogP contribution in [0, 0.1) is 15.9 Å². The molecule has 0 aliphatic heterocycles. The largest absolute Gasteiger partial charge is 0.397 e. The third kappa shape index (κ3) is 3.67. The lowest BCUT2D eigenvalue weighted by atomic mass is 10.3. The Labute approximate surface area is 122 Å². The quantitative estimate of drug-likeness (QED) is 0.470. The fraction of sp³-hybridized carbons (Fsp3) is 0.500. The zero-order chi connectivity index (χ0) is 16.2. The molecular formula is C12H18FN3O4S. The summed E-state index contributed by atoms with van der Waals surface area (Å²) in [6, 6.07) is 1.42. The van der Waals surface area contributed by atoms with Gasteiger partial charge in [0.15, 0.2) is 5.82 Å². The van der Waals surface area contributed by atoms with Crippen molar-refractivity contribution in [3.8, 4) is 0 Å². The van der Waals surface area contributed by atoms with Crippen molar-refractivity contribution in [2.75, 3.05) is 18.8 Å². The molecule has 7 nitrogen and oxygen atoms in total. The van der Waals surface area contributed by atoms with Gasteiger partial charge in [0.25, 0.3) is 5.69 Å². The Morgan fingerprint density at radius 2 is 2.00 bits per heavy atom. The smallest absolute Gasteiger partial charge is 0.274 e. The highest BCUT2D eigenvalue weighted by atomic mass is 32.2. The summed E-state index contributed by atoms with van der Waals surface area (Å²) in [5.41, 5.74) is 4.47. The van der Waals surface area contributed by atoms with Crippen molar-refractivity contribution in [3.05, 3.63) is 28.1 Å². The second-order valence-corrected chi connectivity index (χ2v) is 6.33. The minimum Gasteiger partial charge on any atom is -0.397 e. The van der Waals surface area contributed by atoms with Crippen molar-refractivity contribution in [1.29, 1.82) is 0 Å². The number of halogens is 1. The van der Waals surface area contributed by atoms with E-state index in [4.69, 9.17) is 5.73 Å². The summed E-state index contributed by atoms with van der Waals surface area (Å²) in [4.78, 5) is 9.09. The third-order valence-corrected chi connectivity index (χ3v) is 5.05. The predicted octanol–water partition coefficient (Wildman–Crippen LogP) is 2.13. The number of benzene rings is 1. The maximum absolute atomic E-state index is 14.0. The Hall–Kier alpha value is -1.74. The highest BCUT2D eigenvalue weighted by Gasteiger charge is 2.30. The van der Waals surface area contributed by atoms with Gasteiger partial charge in [0.1, 0.15) is 4.90 Å². The summed E-state index contributed by atoms with van der Waals surface area (Å²) in [5, 5.41) is 10.6. The molecule has 0 bridgehead atoms. The number of nitrogen functional groups attached to an aromatic ring is 1. The van der Waals surface area contributed by atoms with Gasteiger partial charge in [-0.25, -0.2) is 12.8 Å². The summed E-state index contributed by atoms with van der Waals surface area (Å²) in [5.74, 6) is -1.21. The second-order valence-electron chi connectivity index (χ2n) is 4.45. The molecule has 0 spiro atoms. The first kappa shape index (κ1) is 17.3. The molecular weight excluding hydrogens is 301 g/mol. The number of anilines is 1. The van der Waals surface area contributed by atoms with Crippen LogP contribution >= 0.6 is 0 Å². The number of hydrogen-bond donors (Lipinski definition) is 1. The van der Waals surface area contributed by atoms with Crippen molar-refractivity contribution < 1.29 is 17.7 Å². The van der Waals surface area contributed by atoms with Gasteiger partial charge >= 0.3 is 0 Å². The maximum Gasteiger partial charge on any atom is 0.274 e. The van der Waals surface area contributed by atoms with E-state index in [0.717, 1.165) is 16.8 Å². The molecule has 0 fully saturated rings. The van der Waals surface area contributed by atoms with Crippen LogP contribution in [0.15, 0.2) is 17.0 Å². The van der Waals surface area contributed by atoms with E-state index in [0.29, 0.717) is 12.5 Å². The zero-order valence-corrected chi connectivity index (χ0v) is 12.7. The first-order valence-corrected chi connectivity index (χ1v) is 7.93. The summed E-state index contributed by atoms with van der Waals surface area (Å²) in [6.45, 7) is 3.94. The average Bonchev–Trinajstić information content (AvgIpc) is 2.37. The van der Waals surface area contributed by atoms with Crippen molar-refractivity contribution >= 4 is 21.4 Å². The van der Waals surface area contributed by atoms with E-state index in [1.54, 1.807) is 6.92 Å². The number of unbranched alkanes of at least 4 members (excludes halogenated alkanes) is 1. The van der Waals surface area contributed by atoms with E-state index in [1.807, 2.05) is 6.92 Å². The van der Waals surface area contributed by atoms with Crippen molar-refractivity contribution in [2.24, 2.45) is 0 Å². The molecule has 0 unspecified atom stereocenters. The van der Waals surface area contributed by atoms with E-state index >= 15 is 0 Å². The summed E-state index contributed by atoms with van der Waals surface area (Å²) in [6.07, 6.45) is 1.41. The van der Waals surface area contributed by atoms with Gasteiger partial charge in [0.2, 0.25) is 10.0 Å². The molecule has 9 heteroatoms. The first-order valence-electron chi connectivity index (χ1n) is 6.49. The standard InChI is InChI=1S/C12H18FN3O4S/c1-3-5-6-15(4-2)21(19,20)12-10(13)7-9(16(17)18)8-11(12)14/h7-8H,3-6,14H2,1-2H3. The van der Waals surface area contributed by atoms with Crippen LogP contribution in [0.25, 0.3) is 0 Å². The van der Waals surface area contributed by atoms with Crippen LogP contribution in [0.5, 0.6) is 0 Å². The molecule has 0 amide bonds. The number of hydrogen-bond acceptors (Lipinski definition) is 5. The van der Waals surface area contributed by atoms with Crippen LogP contribution in [-0.2, 0) is 10.0 Å². The Balaban J connectivity index is 3.34. The molecule has 0 aliphatic carbocycles. The molecule has 0 aromatic heterocycles. The summed E-state index contributed by atoms with van der Waals surface area (Å²) >= 11 is 0. The lowest BCUT2D eigenvalue weighted by Crippen LogP contribution is -2.33. The van der Waals surface area contributed by atoms with Crippen LogP contribution in [0.1, 0.15) is 26.7 Å². The number of nitro groups is 1. The topological polar surface area (TPSA) is 107 Å². The van der Waals surface area contributed by atoms with Gasteiger partial charge in [-0.1, -0.05) is 20.3 Å². The zero-order valence-electron chi connectivity index (χ0n) is 11.9. The molecule has 0 radical (unpaired) electrons. The number of rotatable bonds is 7. The Bertz CT molecular complexity index is 610. The Morgan fingerprint density at radius 3 is 2.43 bits per heavy atom. The molecule has 0 aliphatic rings. The van der Waals surface area contributed by atoms with Crippen molar-refractivity contribution in [3.63, 3.8) is 0 Å². The van der Waals surface area contributed by atoms with Gasteiger partial charge < -0.3 is 5.73 Å². The minimum absolute atomic E-state index is 0.165. The van der Waals surface area contributed by atoms with Gasteiger partial charge in [0.05, 0.1) is 16.7 Å². The third-order valence-electron chi connectivity index (χ3n) is 2.98. The van der Waals surface area contributed by atoms with Gasteiger partial charge in [-0.05, 0) is 6.42 Å². The van der Waals surface area contributed by atoms with Crippen LogP contribution in [0.2, 0.25) is 0 Å². The van der Waals surface area contributed by atoms with E-state index in [9.17, 15) is 22.9 Å². The number of nitro benzene ring substituents is 1. The van der Waals surface area contributed by atoms with Gasteiger partial charge in [-0.2, -0.15) is 4.31 Å². The average molecular weight is 319 g/mol. The number of sulfonamides is 1. The van der Waals surface area contributed by atoms with Gasteiger partial charge in [-0.3, -0.25) is 10.1 Å². The fourth-order valence-corrected chi connectivity index (χ4v) is 3.52. The fourth-order valence-electron chi connectivity index (χ4n) is 1.89. The van der Waals surface area contributed by atoms with Crippen LogP contribution < -0.4 is 5.73 Å². The maximum atomic E-state index is 14.0. The molecule has 21 heavy (non-hydrogen) atoms. The monoisotopic (exact) mass is 319 g/mol. The minimum atomic E-state index is -4.12. The lowest BCUT2D eigenvalue weighted by molar-refractivity contribution is -0.385. The molecule has 0 heterocycles. The number of non-ortho nitro benzene ring substituents is 1. The summed E-state index contributed by atoms with van der Waals surface area (Å²) in [7, 11) is -4.12. The second kappa shape index (κ2) is 6.81. The van der Waals surface area contributed by atoms with Crippen molar-refractivity contribution in [2.45, 2.75) is 31.6 Å². The SMILES string of the molecule is CCCCN(CC)S(=O)(=O)c1c(N)cc([N+](=O)[O-])cc1F. The molecule has 0 saturated carbocycles. The molecule has 118 valence electrons. The molecule has 2 N–H and O–H groups in total. The van der Waals surface area contributed by atoms with E-state index in [2.05, 4.69) is 0 Å². The molecule has 0 saturated heterocycles. The molecule has 0 atom stereocenters. The lowest BCUT2D eigenvalue weighted by Gasteiger charge is -2.21. The van der Waals surface area contributed by atoms with Crippen LogP contribution in [0.3, 0.4) is 0 Å². The number of nitrogens with two attached hydrogens (primary N) is 1. The number of nitrogens with zero attached hydrogens (tertiary/aromatic N) is 2. The van der Waals surface area contributed by atoms with E-state index < -0.39 is 37.0 Å². The van der Waals surface area contributed by atoms with Gasteiger partial charge in [-0.15, -0.1) is 0 Å². The molecule has 1 aromatic carbocycles. The Kier molecular flexibility index (Phi) is 5.62. The summed E-state index contributed by atoms with van der Waals surface area (Å²) < 4.78 is 40.0. The predicted molar refractivity (Wildman–Crippen MR) is 76.8 cm³/mol. The van der Waals surface area contributed by atoms with Crippen LogP contribution in [-0.4, -0.2) is 30.7 Å². The van der Waals surface area contributed by atoms with Gasteiger partial charge in [0, 0.05) is 19.2 Å².